The highest BCUT2D eigenvalue weighted by Crippen LogP contribution is 2.45. The second-order valence-corrected chi connectivity index (χ2v) is 6.36. The van der Waals surface area contributed by atoms with Crippen molar-refractivity contribution < 1.29 is 18.3 Å². The molecule has 1 aliphatic carbocycles. The van der Waals surface area contributed by atoms with Gasteiger partial charge in [0.1, 0.15) is 0 Å². The molecule has 4 N–H and O–H groups in total. The molecule has 2 aliphatic rings. The normalized spacial score (nSPS) is 15.0. The fourth-order valence-electron chi connectivity index (χ4n) is 3.20. The minimum Gasteiger partial charge on any atom is -0.491 e. The molecule has 26 heavy (non-hydrogen) atoms. The van der Waals surface area contributed by atoms with Gasteiger partial charge in [-0.3, -0.25) is 4.79 Å². The monoisotopic (exact) mass is 360 g/mol. The van der Waals surface area contributed by atoms with Gasteiger partial charge in [-0.25, -0.2) is 8.78 Å². The van der Waals surface area contributed by atoms with Crippen molar-refractivity contribution >= 4 is 17.3 Å². The maximum atomic E-state index is 13.8. The molecule has 6 nitrogen and oxygen atoms in total. The summed E-state index contributed by atoms with van der Waals surface area (Å²) in [4.78, 5) is 12.4. The molecule has 0 spiro atoms. The standard InChI is InChI=1S/C18H18F2N4O2/c1-26-17-13(19)6-10(7-14(17)20)18(25)21-8-12-11(9-2-3-9)4-5-15-16(12)23-24-22-15/h4-7,9,22-24H,2-3,8H2,1H3,(H,21,25). The van der Waals surface area contributed by atoms with Gasteiger partial charge in [-0.1, -0.05) is 6.07 Å². The Balaban J connectivity index is 1.56. The summed E-state index contributed by atoms with van der Waals surface area (Å²) in [7, 11) is 1.17. The summed E-state index contributed by atoms with van der Waals surface area (Å²) < 4.78 is 32.3. The van der Waals surface area contributed by atoms with Gasteiger partial charge in [0.15, 0.2) is 17.4 Å². The van der Waals surface area contributed by atoms with E-state index in [2.05, 4.69) is 26.4 Å². The van der Waals surface area contributed by atoms with Crippen molar-refractivity contribution in [3.8, 4) is 5.75 Å². The Bertz CT molecular complexity index is 861. The van der Waals surface area contributed by atoms with Crippen LogP contribution in [0.1, 0.15) is 40.2 Å². The second kappa shape index (κ2) is 6.45. The van der Waals surface area contributed by atoms with Crippen molar-refractivity contribution in [2.24, 2.45) is 0 Å². The van der Waals surface area contributed by atoms with Gasteiger partial charge in [-0.15, -0.1) is 5.53 Å². The number of benzene rings is 2. The van der Waals surface area contributed by atoms with E-state index in [0.717, 1.165) is 41.9 Å². The minimum absolute atomic E-state index is 0.0921. The maximum absolute atomic E-state index is 13.8. The molecule has 2 aromatic carbocycles. The third-order valence-electron chi connectivity index (χ3n) is 4.64. The molecule has 0 saturated heterocycles. The summed E-state index contributed by atoms with van der Waals surface area (Å²) in [6.07, 6.45) is 2.24. The third-order valence-corrected chi connectivity index (χ3v) is 4.64. The Hall–Kier alpha value is -2.87. The number of amides is 1. The largest absolute Gasteiger partial charge is 0.491 e. The molecule has 4 rings (SSSR count). The van der Waals surface area contributed by atoms with Crippen molar-refractivity contribution in [2.45, 2.75) is 25.3 Å². The lowest BCUT2D eigenvalue weighted by Gasteiger charge is -2.14. The van der Waals surface area contributed by atoms with Gasteiger partial charge in [-0.2, -0.15) is 0 Å². The average Bonchev–Trinajstić information content (AvgIpc) is 3.35. The van der Waals surface area contributed by atoms with E-state index in [1.54, 1.807) is 0 Å². The molecule has 1 fully saturated rings. The van der Waals surface area contributed by atoms with Gasteiger partial charge < -0.3 is 20.9 Å². The minimum atomic E-state index is -0.910. The summed E-state index contributed by atoms with van der Waals surface area (Å²) in [5, 5.41) is 2.75. The number of hydrazine groups is 2. The number of rotatable bonds is 5. The quantitative estimate of drug-likeness (QED) is 0.660. The fraction of sp³-hybridized carbons (Fsp3) is 0.278. The molecule has 2 aromatic rings. The topological polar surface area (TPSA) is 74.4 Å². The van der Waals surface area contributed by atoms with Crippen LogP contribution >= 0.6 is 0 Å². The van der Waals surface area contributed by atoms with Crippen LogP contribution in [0.2, 0.25) is 0 Å². The zero-order chi connectivity index (χ0) is 18.3. The molecule has 8 heteroatoms. The number of carbonyl (C=O) groups is 1. The number of nitrogens with one attached hydrogen (secondary N) is 4. The highest BCUT2D eigenvalue weighted by molar-refractivity contribution is 5.94. The smallest absolute Gasteiger partial charge is 0.251 e. The summed E-state index contributed by atoms with van der Waals surface area (Å²) in [5.41, 5.74) is 12.7. The molecule has 1 aliphatic heterocycles. The van der Waals surface area contributed by atoms with Crippen molar-refractivity contribution in [3.05, 3.63) is 52.6 Å². The van der Waals surface area contributed by atoms with E-state index in [1.807, 2.05) is 12.1 Å². The van der Waals surface area contributed by atoms with Gasteiger partial charge in [0.25, 0.3) is 5.91 Å². The third kappa shape index (κ3) is 2.92. The van der Waals surface area contributed by atoms with Gasteiger partial charge in [0, 0.05) is 17.7 Å². The second-order valence-electron chi connectivity index (χ2n) is 6.36. The van der Waals surface area contributed by atoms with Crippen molar-refractivity contribution in [1.82, 2.24) is 10.9 Å². The lowest BCUT2D eigenvalue weighted by Crippen LogP contribution is -2.25. The molecule has 0 bridgehead atoms. The van der Waals surface area contributed by atoms with Crippen LogP contribution in [0.4, 0.5) is 20.2 Å². The van der Waals surface area contributed by atoms with Crippen LogP contribution in [0, 0.1) is 11.6 Å². The number of halogens is 2. The highest BCUT2D eigenvalue weighted by atomic mass is 19.1. The highest BCUT2D eigenvalue weighted by Gasteiger charge is 2.29. The van der Waals surface area contributed by atoms with Crippen LogP contribution in [-0.4, -0.2) is 13.0 Å². The summed E-state index contributed by atoms with van der Waals surface area (Å²) >= 11 is 0. The molecule has 0 unspecified atom stereocenters. The van der Waals surface area contributed by atoms with Crippen molar-refractivity contribution in [3.63, 3.8) is 0 Å². The maximum Gasteiger partial charge on any atom is 0.251 e. The van der Waals surface area contributed by atoms with Gasteiger partial charge in [0.2, 0.25) is 0 Å². The van der Waals surface area contributed by atoms with Gasteiger partial charge in [0.05, 0.1) is 18.5 Å². The molecule has 0 atom stereocenters. The van der Waals surface area contributed by atoms with Gasteiger partial charge in [-0.05, 0) is 42.5 Å². The van der Waals surface area contributed by atoms with E-state index in [4.69, 9.17) is 0 Å². The van der Waals surface area contributed by atoms with Crippen LogP contribution in [0.5, 0.6) is 5.75 Å². The Morgan fingerprint density at radius 1 is 1.23 bits per heavy atom. The van der Waals surface area contributed by atoms with Crippen LogP contribution in [0.15, 0.2) is 24.3 Å². The molecule has 1 saturated carbocycles. The van der Waals surface area contributed by atoms with E-state index >= 15 is 0 Å². The molecule has 1 amide bonds. The number of hydrogen-bond acceptors (Lipinski definition) is 5. The summed E-state index contributed by atoms with van der Waals surface area (Å²) in [6.45, 7) is 0.249. The van der Waals surface area contributed by atoms with Gasteiger partial charge >= 0.3 is 0 Å². The first-order valence-corrected chi connectivity index (χ1v) is 8.32. The predicted molar refractivity (Wildman–Crippen MR) is 92.9 cm³/mol. The molecule has 136 valence electrons. The van der Waals surface area contributed by atoms with Crippen molar-refractivity contribution in [2.75, 3.05) is 18.0 Å². The number of fused-ring (bicyclic) bond motifs is 1. The lowest BCUT2D eigenvalue weighted by atomic mass is 10.00. The molecular weight excluding hydrogens is 342 g/mol. The summed E-state index contributed by atoms with van der Waals surface area (Å²) in [6, 6.07) is 5.97. The number of ether oxygens (including phenoxy) is 1. The molecular formula is C18H18F2N4O2. The zero-order valence-corrected chi connectivity index (χ0v) is 14.1. The fourth-order valence-corrected chi connectivity index (χ4v) is 3.20. The first-order valence-electron chi connectivity index (χ1n) is 8.32. The van der Waals surface area contributed by atoms with Crippen LogP contribution in [0.25, 0.3) is 0 Å². The number of methoxy groups -OCH3 is 1. The van der Waals surface area contributed by atoms with Crippen LogP contribution in [0.3, 0.4) is 0 Å². The van der Waals surface area contributed by atoms with Crippen LogP contribution in [-0.2, 0) is 6.54 Å². The summed E-state index contributed by atoms with van der Waals surface area (Å²) in [5.74, 6) is -2.38. The Labute approximate surface area is 148 Å². The first-order chi connectivity index (χ1) is 12.6. The van der Waals surface area contributed by atoms with E-state index in [-0.39, 0.29) is 12.1 Å². The Morgan fingerprint density at radius 3 is 2.62 bits per heavy atom. The number of carbonyl (C=O) groups excluding carboxylic acids is 1. The molecule has 0 radical (unpaired) electrons. The Kier molecular flexibility index (Phi) is 4.12. The van der Waals surface area contributed by atoms with E-state index in [0.29, 0.717) is 5.92 Å². The van der Waals surface area contributed by atoms with E-state index in [1.165, 1.54) is 12.7 Å². The zero-order valence-electron chi connectivity index (χ0n) is 14.1. The number of hydrogen-bond donors (Lipinski definition) is 4. The Morgan fingerprint density at radius 2 is 1.96 bits per heavy atom. The molecule has 0 aromatic heterocycles. The van der Waals surface area contributed by atoms with Crippen LogP contribution < -0.4 is 26.4 Å². The van der Waals surface area contributed by atoms with E-state index < -0.39 is 23.3 Å². The lowest BCUT2D eigenvalue weighted by molar-refractivity contribution is 0.0950. The number of anilines is 2. The van der Waals surface area contributed by atoms with E-state index in [9.17, 15) is 13.6 Å². The molecule has 1 heterocycles. The SMILES string of the molecule is COc1c(F)cc(C(=O)NCc2c(C3CC3)ccc3c2NNN3)cc1F. The van der Waals surface area contributed by atoms with Crippen molar-refractivity contribution in [1.29, 1.82) is 0 Å². The predicted octanol–water partition coefficient (Wildman–Crippen LogP) is 3.04. The average molecular weight is 360 g/mol. The first kappa shape index (κ1) is 16.6.